The molecule has 5 rings (SSSR count). The molecule has 0 bridgehead atoms. The first kappa shape index (κ1) is 18.7. The van der Waals surface area contributed by atoms with Gasteiger partial charge in [-0.3, -0.25) is 5.10 Å². The van der Waals surface area contributed by atoms with Crippen LogP contribution in [0.25, 0.3) is 11.4 Å². The zero-order valence-corrected chi connectivity index (χ0v) is 16.8. The Bertz CT molecular complexity index is 1210. The first-order valence-corrected chi connectivity index (χ1v) is 9.70. The lowest BCUT2D eigenvalue weighted by Crippen LogP contribution is -2.03. The summed E-state index contributed by atoms with van der Waals surface area (Å²) in [6.45, 7) is 0.831. The van der Waals surface area contributed by atoms with E-state index in [9.17, 15) is 0 Å². The van der Waals surface area contributed by atoms with Gasteiger partial charge in [-0.25, -0.2) is 4.98 Å². The number of hydrogen-bond donors (Lipinski definition) is 3. The first-order valence-electron chi connectivity index (χ1n) is 9.70. The summed E-state index contributed by atoms with van der Waals surface area (Å²) in [7, 11) is 1.63. The van der Waals surface area contributed by atoms with E-state index in [0.717, 1.165) is 34.1 Å². The molecule has 0 aliphatic carbocycles. The van der Waals surface area contributed by atoms with Gasteiger partial charge in [-0.1, -0.05) is 12.1 Å². The second-order valence-electron chi connectivity index (χ2n) is 6.81. The normalized spacial score (nSPS) is 11.9. The molecular formula is C22H20N6O3. The smallest absolute Gasteiger partial charge is 0.246 e. The molecule has 0 atom stereocenters. The van der Waals surface area contributed by atoms with E-state index in [-0.39, 0.29) is 6.79 Å². The molecule has 0 fully saturated rings. The van der Waals surface area contributed by atoms with Crippen LogP contribution >= 0.6 is 0 Å². The van der Waals surface area contributed by atoms with E-state index in [1.54, 1.807) is 13.3 Å². The van der Waals surface area contributed by atoms with Crippen molar-refractivity contribution in [1.82, 2.24) is 20.2 Å². The molecule has 0 amide bonds. The van der Waals surface area contributed by atoms with E-state index in [1.165, 1.54) is 0 Å². The molecule has 0 saturated heterocycles. The Hall–Kier alpha value is -4.27. The Balaban J connectivity index is 1.32. The van der Waals surface area contributed by atoms with Gasteiger partial charge in [0.15, 0.2) is 17.3 Å². The molecule has 9 nitrogen and oxygen atoms in total. The van der Waals surface area contributed by atoms with Crippen molar-refractivity contribution >= 4 is 17.5 Å². The number of anilines is 3. The highest BCUT2D eigenvalue weighted by Crippen LogP contribution is 2.33. The van der Waals surface area contributed by atoms with Crippen LogP contribution < -0.4 is 24.8 Å². The first-order chi connectivity index (χ1) is 15.3. The predicted octanol–water partition coefficient (Wildman–Crippen LogP) is 3.96. The van der Waals surface area contributed by atoms with Crippen LogP contribution in [0.3, 0.4) is 0 Å². The third kappa shape index (κ3) is 4.06. The van der Waals surface area contributed by atoms with Gasteiger partial charge in [0.25, 0.3) is 0 Å². The second kappa shape index (κ2) is 8.23. The van der Waals surface area contributed by atoms with Crippen LogP contribution in [0.5, 0.6) is 17.2 Å². The summed E-state index contributed by atoms with van der Waals surface area (Å²) in [6, 6.07) is 17.2. The average molecular weight is 416 g/mol. The van der Waals surface area contributed by atoms with E-state index in [0.29, 0.717) is 24.1 Å². The fourth-order valence-corrected chi connectivity index (χ4v) is 3.24. The lowest BCUT2D eigenvalue weighted by molar-refractivity contribution is 0.174. The number of pyridine rings is 1. The molecule has 0 unspecified atom stereocenters. The number of nitrogens with one attached hydrogen (secondary N) is 3. The van der Waals surface area contributed by atoms with Gasteiger partial charge < -0.3 is 24.8 Å². The number of ether oxygens (including phenoxy) is 3. The van der Waals surface area contributed by atoms with E-state index < -0.39 is 0 Å². The lowest BCUT2D eigenvalue weighted by atomic mass is 10.2. The standard InChI is InChI=1S/C22H20N6O3/c1-29-16-5-2-4-15(11-16)25-22-26-21(27-28-22)17-6-3-9-23-20(17)24-12-14-7-8-18-19(10-14)31-13-30-18/h2-11H,12-13H2,1H3,(H,23,24)(H2,25,26,27,28). The van der Waals surface area contributed by atoms with E-state index in [4.69, 9.17) is 14.2 Å². The van der Waals surface area contributed by atoms with Gasteiger partial charge >= 0.3 is 0 Å². The summed E-state index contributed by atoms with van der Waals surface area (Å²) in [5.74, 6) is 4.02. The topological polar surface area (TPSA) is 106 Å². The van der Waals surface area contributed by atoms with Crippen LogP contribution in [0.4, 0.5) is 17.5 Å². The largest absolute Gasteiger partial charge is 0.497 e. The van der Waals surface area contributed by atoms with E-state index in [1.807, 2.05) is 54.6 Å². The van der Waals surface area contributed by atoms with Crippen molar-refractivity contribution in [1.29, 1.82) is 0 Å². The summed E-state index contributed by atoms with van der Waals surface area (Å²) in [4.78, 5) is 9.03. The number of benzene rings is 2. The fourth-order valence-electron chi connectivity index (χ4n) is 3.24. The maximum atomic E-state index is 5.45. The second-order valence-corrected chi connectivity index (χ2v) is 6.81. The molecule has 2 aromatic heterocycles. The van der Waals surface area contributed by atoms with Gasteiger partial charge in [0.2, 0.25) is 12.7 Å². The highest BCUT2D eigenvalue weighted by Gasteiger charge is 2.15. The van der Waals surface area contributed by atoms with Crippen molar-refractivity contribution in [2.45, 2.75) is 6.54 Å². The van der Waals surface area contributed by atoms with Crippen molar-refractivity contribution < 1.29 is 14.2 Å². The van der Waals surface area contributed by atoms with Crippen molar-refractivity contribution in [3.63, 3.8) is 0 Å². The van der Waals surface area contributed by atoms with Gasteiger partial charge in [0, 0.05) is 24.5 Å². The van der Waals surface area contributed by atoms with E-state index in [2.05, 4.69) is 30.8 Å². The van der Waals surface area contributed by atoms with Gasteiger partial charge in [-0.15, -0.1) is 5.10 Å². The highest BCUT2D eigenvalue weighted by atomic mass is 16.7. The van der Waals surface area contributed by atoms with Crippen LogP contribution in [-0.2, 0) is 6.54 Å². The van der Waals surface area contributed by atoms with Crippen LogP contribution in [-0.4, -0.2) is 34.1 Å². The Kier molecular flexibility index (Phi) is 4.97. The number of methoxy groups -OCH3 is 1. The number of fused-ring (bicyclic) bond motifs is 1. The number of rotatable bonds is 7. The minimum Gasteiger partial charge on any atom is -0.497 e. The Morgan fingerprint density at radius 1 is 1.06 bits per heavy atom. The molecule has 3 N–H and O–H groups in total. The van der Waals surface area contributed by atoms with Crippen LogP contribution in [0, 0.1) is 0 Å². The Labute approximate surface area is 178 Å². The van der Waals surface area contributed by atoms with Crippen LogP contribution in [0.1, 0.15) is 5.56 Å². The molecule has 156 valence electrons. The molecule has 0 radical (unpaired) electrons. The molecular weight excluding hydrogens is 396 g/mol. The lowest BCUT2D eigenvalue weighted by Gasteiger charge is -2.09. The quantitative estimate of drug-likeness (QED) is 0.416. The maximum absolute atomic E-state index is 5.45. The maximum Gasteiger partial charge on any atom is 0.246 e. The summed E-state index contributed by atoms with van der Waals surface area (Å²) >= 11 is 0. The summed E-state index contributed by atoms with van der Waals surface area (Å²) < 4.78 is 16.1. The zero-order chi connectivity index (χ0) is 21.0. The summed E-state index contributed by atoms with van der Waals surface area (Å²) in [5.41, 5.74) is 2.70. The molecule has 2 aromatic carbocycles. The summed E-state index contributed by atoms with van der Waals surface area (Å²) in [5, 5.41) is 13.8. The average Bonchev–Trinajstić information content (AvgIpc) is 3.47. The molecule has 1 aliphatic heterocycles. The number of H-pyrrole nitrogens is 1. The monoisotopic (exact) mass is 416 g/mol. The van der Waals surface area contributed by atoms with Crippen molar-refractivity contribution in [3.05, 3.63) is 66.4 Å². The van der Waals surface area contributed by atoms with Gasteiger partial charge in [0.1, 0.15) is 11.6 Å². The molecule has 0 spiro atoms. The van der Waals surface area contributed by atoms with E-state index >= 15 is 0 Å². The minimum absolute atomic E-state index is 0.258. The van der Waals surface area contributed by atoms with Gasteiger partial charge in [-0.05, 0) is 42.0 Å². The highest BCUT2D eigenvalue weighted by molar-refractivity contribution is 5.71. The number of aromatic nitrogens is 4. The predicted molar refractivity (Wildman–Crippen MR) is 116 cm³/mol. The molecule has 9 heteroatoms. The molecule has 0 saturated carbocycles. The van der Waals surface area contributed by atoms with Crippen molar-refractivity contribution in [2.24, 2.45) is 0 Å². The minimum atomic E-state index is 0.258. The zero-order valence-electron chi connectivity index (χ0n) is 16.8. The Morgan fingerprint density at radius 2 is 2.00 bits per heavy atom. The number of hydrogen-bond acceptors (Lipinski definition) is 8. The number of nitrogens with zero attached hydrogens (tertiary/aromatic N) is 3. The molecule has 31 heavy (non-hydrogen) atoms. The SMILES string of the molecule is COc1cccc(Nc2n[nH]c(-c3cccnc3NCc3ccc4c(c3)OCO4)n2)c1. The van der Waals surface area contributed by atoms with Crippen LogP contribution in [0.15, 0.2) is 60.8 Å². The fraction of sp³-hybridized carbons (Fsp3) is 0.136. The molecule has 3 heterocycles. The van der Waals surface area contributed by atoms with Gasteiger partial charge in [-0.2, -0.15) is 4.98 Å². The van der Waals surface area contributed by atoms with Gasteiger partial charge in [0.05, 0.1) is 12.7 Å². The Morgan fingerprint density at radius 3 is 2.94 bits per heavy atom. The molecule has 4 aromatic rings. The van der Waals surface area contributed by atoms with Crippen LogP contribution in [0.2, 0.25) is 0 Å². The number of aromatic amines is 1. The summed E-state index contributed by atoms with van der Waals surface area (Å²) in [6.07, 6.45) is 1.73. The third-order valence-electron chi connectivity index (χ3n) is 4.77. The van der Waals surface area contributed by atoms with Crippen molar-refractivity contribution in [2.75, 3.05) is 24.5 Å². The third-order valence-corrected chi connectivity index (χ3v) is 4.77. The molecule has 1 aliphatic rings. The van der Waals surface area contributed by atoms with Crippen molar-refractivity contribution in [3.8, 4) is 28.6 Å².